The number of thiazole rings is 1. The van der Waals surface area contributed by atoms with Gasteiger partial charge in [0.15, 0.2) is 5.13 Å². The summed E-state index contributed by atoms with van der Waals surface area (Å²) < 4.78 is 38.3. The number of aromatic nitrogens is 1. The number of carbonyl (C=O) groups excluding carboxylic acids is 1. The second kappa shape index (κ2) is 7.98. The van der Waals surface area contributed by atoms with Crippen molar-refractivity contribution in [1.82, 2.24) is 4.98 Å². The number of rotatable bonds is 5. The topological polar surface area (TPSA) is 54.0 Å². The molecule has 2 aromatic carbocycles. The van der Waals surface area contributed by atoms with Gasteiger partial charge in [0.2, 0.25) is 5.91 Å². The van der Waals surface area contributed by atoms with Crippen LogP contribution in [-0.4, -0.2) is 10.9 Å². The predicted molar refractivity (Wildman–Crippen MR) is 101 cm³/mol. The van der Waals surface area contributed by atoms with Crippen LogP contribution >= 0.6 is 22.9 Å². The smallest absolute Gasteiger partial charge is 0.332 e. The molecular weight excluding hydrogens is 399 g/mol. The van der Waals surface area contributed by atoms with Crippen LogP contribution in [0.1, 0.15) is 11.3 Å². The van der Waals surface area contributed by atoms with Crippen LogP contribution in [-0.2, 0) is 17.4 Å². The fourth-order valence-electron chi connectivity index (χ4n) is 2.25. The van der Waals surface area contributed by atoms with E-state index in [0.29, 0.717) is 21.5 Å². The summed E-state index contributed by atoms with van der Waals surface area (Å²) in [5.74, 6) is -0.256. The Balaban J connectivity index is 1.61. The molecule has 0 saturated heterocycles. The minimum absolute atomic E-state index is 0.0450. The van der Waals surface area contributed by atoms with Crippen LogP contribution in [0.25, 0.3) is 0 Å². The third kappa shape index (κ3) is 5.45. The van der Waals surface area contributed by atoms with E-state index < -0.39 is 11.7 Å². The number of alkyl halides is 3. The van der Waals surface area contributed by atoms with Crippen molar-refractivity contribution in [2.45, 2.75) is 12.6 Å². The summed E-state index contributed by atoms with van der Waals surface area (Å²) in [7, 11) is 0. The summed E-state index contributed by atoms with van der Waals surface area (Å²) in [4.78, 5) is 16.3. The van der Waals surface area contributed by atoms with Crippen molar-refractivity contribution in [3.8, 4) is 0 Å². The molecule has 140 valence electrons. The molecule has 1 amide bonds. The van der Waals surface area contributed by atoms with Crippen molar-refractivity contribution in [1.29, 1.82) is 0 Å². The van der Waals surface area contributed by atoms with Crippen molar-refractivity contribution >= 4 is 45.4 Å². The van der Waals surface area contributed by atoms with E-state index in [1.54, 1.807) is 29.6 Å². The van der Waals surface area contributed by atoms with Gasteiger partial charge in [-0.15, -0.1) is 11.3 Å². The Hall–Kier alpha value is -2.58. The second-order valence-electron chi connectivity index (χ2n) is 5.58. The number of hydrogen-bond donors (Lipinski definition) is 2. The lowest BCUT2D eigenvalue weighted by Gasteiger charge is -2.09. The van der Waals surface area contributed by atoms with Crippen LogP contribution in [0.3, 0.4) is 0 Å². The van der Waals surface area contributed by atoms with Crippen LogP contribution in [0, 0.1) is 0 Å². The maximum atomic E-state index is 12.8. The van der Waals surface area contributed by atoms with Crippen molar-refractivity contribution in [2.24, 2.45) is 0 Å². The molecule has 0 spiro atoms. The summed E-state index contributed by atoms with van der Waals surface area (Å²) in [5.41, 5.74) is 0.658. The quantitative estimate of drug-likeness (QED) is 0.563. The third-order valence-corrected chi connectivity index (χ3v) is 4.52. The molecule has 3 rings (SSSR count). The maximum absolute atomic E-state index is 12.8. The average molecular weight is 412 g/mol. The van der Waals surface area contributed by atoms with Crippen molar-refractivity contribution < 1.29 is 18.0 Å². The zero-order chi connectivity index (χ0) is 19.4. The van der Waals surface area contributed by atoms with Crippen molar-refractivity contribution in [2.75, 3.05) is 10.6 Å². The minimum Gasteiger partial charge on any atom is -0.332 e. The van der Waals surface area contributed by atoms with Gasteiger partial charge in [-0.2, -0.15) is 13.2 Å². The lowest BCUT2D eigenvalue weighted by atomic mass is 10.2. The highest BCUT2D eigenvalue weighted by Gasteiger charge is 2.30. The largest absolute Gasteiger partial charge is 0.416 e. The number of carbonyl (C=O) groups is 1. The average Bonchev–Trinajstić information content (AvgIpc) is 3.03. The lowest BCUT2D eigenvalue weighted by Crippen LogP contribution is -2.14. The lowest BCUT2D eigenvalue weighted by molar-refractivity contribution is -0.137. The van der Waals surface area contributed by atoms with Crippen LogP contribution in [0.2, 0.25) is 5.02 Å². The van der Waals surface area contributed by atoms with Crippen LogP contribution in [0.4, 0.5) is 29.7 Å². The number of hydrogen-bond acceptors (Lipinski definition) is 4. The van der Waals surface area contributed by atoms with Gasteiger partial charge in [0.1, 0.15) is 0 Å². The van der Waals surface area contributed by atoms with Crippen molar-refractivity contribution in [3.05, 3.63) is 70.2 Å². The summed E-state index contributed by atoms with van der Waals surface area (Å²) in [5, 5.41) is 8.20. The number of amides is 1. The molecule has 4 nitrogen and oxygen atoms in total. The van der Waals surface area contributed by atoms with Gasteiger partial charge in [-0.05, 0) is 42.5 Å². The van der Waals surface area contributed by atoms with E-state index in [4.69, 9.17) is 11.6 Å². The Labute approximate surface area is 162 Å². The molecule has 2 N–H and O–H groups in total. The third-order valence-electron chi connectivity index (χ3n) is 3.46. The Morgan fingerprint density at radius 2 is 1.85 bits per heavy atom. The Bertz CT molecular complexity index is 942. The Morgan fingerprint density at radius 3 is 2.56 bits per heavy atom. The first kappa shape index (κ1) is 19.2. The first-order valence-corrected chi connectivity index (χ1v) is 8.99. The molecule has 0 unspecified atom stereocenters. The van der Waals surface area contributed by atoms with Gasteiger partial charge in [-0.3, -0.25) is 4.79 Å². The zero-order valence-corrected chi connectivity index (χ0v) is 15.3. The zero-order valence-electron chi connectivity index (χ0n) is 13.7. The molecule has 0 atom stereocenters. The fourth-order valence-corrected chi connectivity index (χ4v) is 3.10. The predicted octanol–water partition coefficient (Wildman–Crippen LogP) is 5.74. The molecule has 1 aromatic heterocycles. The molecule has 1 heterocycles. The number of halogens is 4. The van der Waals surface area contributed by atoms with Gasteiger partial charge in [-0.25, -0.2) is 4.98 Å². The fraction of sp³-hybridized carbons (Fsp3) is 0.111. The maximum Gasteiger partial charge on any atom is 0.416 e. The summed E-state index contributed by atoms with van der Waals surface area (Å²) in [6.45, 7) is 0. The number of nitrogens with one attached hydrogen (secondary N) is 2. The summed E-state index contributed by atoms with van der Waals surface area (Å²) >= 11 is 7.00. The summed E-state index contributed by atoms with van der Waals surface area (Å²) in [6.07, 6.45) is -4.37. The van der Waals surface area contributed by atoms with Gasteiger partial charge < -0.3 is 10.6 Å². The Morgan fingerprint density at radius 1 is 1.11 bits per heavy atom. The number of benzene rings is 2. The second-order valence-corrected chi connectivity index (χ2v) is 6.87. The Kier molecular flexibility index (Phi) is 5.67. The number of nitrogens with zero attached hydrogens (tertiary/aromatic N) is 1. The molecule has 27 heavy (non-hydrogen) atoms. The molecule has 0 aliphatic carbocycles. The normalized spacial score (nSPS) is 11.3. The van der Waals surface area contributed by atoms with Gasteiger partial charge in [0, 0.05) is 21.8 Å². The monoisotopic (exact) mass is 411 g/mol. The SMILES string of the molecule is O=C(Cc1csc(Nc2cccc(C(F)(F)F)c2)n1)Nc1ccc(Cl)cc1. The molecule has 9 heteroatoms. The van der Waals surface area contributed by atoms with E-state index in [-0.39, 0.29) is 18.0 Å². The first-order chi connectivity index (χ1) is 12.8. The van der Waals surface area contributed by atoms with E-state index in [1.165, 1.54) is 23.5 Å². The van der Waals surface area contributed by atoms with Gasteiger partial charge in [-0.1, -0.05) is 17.7 Å². The molecule has 0 aliphatic rings. The van der Waals surface area contributed by atoms with Crippen LogP contribution < -0.4 is 10.6 Å². The van der Waals surface area contributed by atoms with E-state index >= 15 is 0 Å². The van der Waals surface area contributed by atoms with E-state index in [1.807, 2.05) is 0 Å². The highest BCUT2D eigenvalue weighted by Crippen LogP contribution is 2.31. The van der Waals surface area contributed by atoms with E-state index in [2.05, 4.69) is 15.6 Å². The van der Waals surface area contributed by atoms with Crippen LogP contribution in [0.5, 0.6) is 0 Å². The molecule has 0 radical (unpaired) electrons. The minimum atomic E-state index is -4.41. The number of anilines is 3. The van der Waals surface area contributed by atoms with Gasteiger partial charge in [0.05, 0.1) is 17.7 Å². The molecular formula is C18H13ClF3N3OS. The van der Waals surface area contributed by atoms with Crippen molar-refractivity contribution in [3.63, 3.8) is 0 Å². The highest BCUT2D eigenvalue weighted by atomic mass is 35.5. The summed E-state index contributed by atoms with van der Waals surface area (Å²) in [6, 6.07) is 11.5. The van der Waals surface area contributed by atoms with Gasteiger partial charge in [0.25, 0.3) is 0 Å². The van der Waals surface area contributed by atoms with E-state index in [9.17, 15) is 18.0 Å². The molecule has 0 saturated carbocycles. The molecule has 0 fully saturated rings. The van der Waals surface area contributed by atoms with E-state index in [0.717, 1.165) is 12.1 Å². The van der Waals surface area contributed by atoms with Crippen LogP contribution in [0.15, 0.2) is 53.9 Å². The molecule has 0 bridgehead atoms. The molecule has 3 aromatic rings. The highest BCUT2D eigenvalue weighted by molar-refractivity contribution is 7.13. The molecule has 0 aliphatic heterocycles. The first-order valence-electron chi connectivity index (χ1n) is 7.74. The standard InChI is InChI=1S/C18H13ClF3N3OS/c19-12-4-6-13(7-5-12)23-16(26)9-15-10-27-17(25-15)24-14-3-1-2-11(8-14)18(20,21)22/h1-8,10H,9H2,(H,23,26)(H,24,25). The van der Waals surface area contributed by atoms with Gasteiger partial charge >= 0.3 is 6.18 Å².